The summed E-state index contributed by atoms with van der Waals surface area (Å²) in [6, 6.07) is 11.9. The van der Waals surface area contributed by atoms with Crippen LogP contribution in [0.25, 0.3) is 0 Å². The molecular weight excluding hydrogens is 417 g/mol. The summed E-state index contributed by atoms with van der Waals surface area (Å²) in [5.74, 6) is 0.734. The van der Waals surface area contributed by atoms with Crippen LogP contribution in [0, 0.1) is 0 Å². The van der Waals surface area contributed by atoms with Crippen LogP contribution in [-0.2, 0) is 6.18 Å². The molecule has 0 radical (unpaired) electrons. The summed E-state index contributed by atoms with van der Waals surface area (Å²) in [4.78, 5) is 14.2. The van der Waals surface area contributed by atoms with Gasteiger partial charge in [0.15, 0.2) is 0 Å². The van der Waals surface area contributed by atoms with Crippen LogP contribution >= 0.6 is 27.7 Å². The van der Waals surface area contributed by atoms with Crippen molar-refractivity contribution in [2.45, 2.75) is 11.6 Å². The Morgan fingerprint density at radius 3 is 2.56 bits per heavy atom. The van der Waals surface area contributed by atoms with Gasteiger partial charge < -0.3 is 10.2 Å². The van der Waals surface area contributed by atoms with Crippen LogP contribution < -0.4 is 5.32 Å². The topological polar surface area (TPSA) is 32.3 Å². The quantitative estimate of drug-likeness (QED) is 0.657. The minimum atomic E-state index is -4.36. The van der Waals surface area contributed by atoms with E-state index >= 15 is 0 Å². The standard InChI is InChI=1S/C17H14BrF3N2OS/c18-13-2-1-3-14(10-13)22-16(24)23-8-9-25-15(23)11-4-6-12(7-5-11)17(19,20)21/h1-7,10,15H,8-9H2,(H,22,24). The molecule has 1 aliphatic heterocycles. The van der Waals surface area contributed by atoms with Gasteiger partial charge in [0.25, 0.3) is 0 Å². The van der Waals surface area contributed by atoms with Gasteiger partial charge in [0.2, 0.25) is 0 Å². The number of rotatable bonds is 2. The molecule has 2 aromatic rings. The van der Waals surface area contributed by atoms with Gasteiger partial charge in [-0.2, -0.15) is 13.2 Å². The molecule has 0 saturated carbocycles. The molecule has 1 unspecified atom stereocenters. The van der Waals surface area contributed by atoms with Crippen LogP contribution in [0.1, 0.15) is 16.5 Å². The van der Waals surface area contributed by atoms with Crippen molar-refractivity contribution in [3.63, 3.8) is 0 Å². The number of anilines is 1. The van der Waals surface area contributed by atoms with Crippen molar-refractivity contribution in [1.82, 2.24) is 4.90 Å². The van der Waals surface area contributed by atoms with Gasteiger partial charge >= 0.3 is 12.2 Å². The molecule has 0 bridgehead atoms. The highest BCUT2D eigenvalue weighted by Gasteiger charge is 2.33. The Balaban J connectivity index is 1.74. The first-order valence-electron chi connectivity index (χ1n) is 7.46. The average Bonchev–Trinajstić information content (AvgIpc) is 3.04. The van der Waals surface area contributed by atoms with Crippen molar-refractivity contribution < 1.29 is 18.0 Å². The highest BCUT2D eigenvalue weighted by atomic mass is 79.9. The number of hydrogen-bond acceptors (Lipinski definition) is 2. The third-order valence-electron chi connectivity index (χ3n) is 3.75. The predicted octanol–water partition coefficient (Wildman–Crippen LogP) is 5.75. The Morgan fingerprint density at radius 1 is 1.20 bits per heavy atom. The van der Waals surface area contributed by atoms with Gasteiger partial charge in [0, 0.05) is 22.5 Å². The van der Waals surface area contributed by atoms with Crippen molar-refractivity contribution >= 4 is 39.4 Å². The lowest BCUT2D eigenvalue weighted by molar-refractivity contribution is -0.137. The molecule has 0 spiro atoms. The molecule has 2 amide bonds. The van der Waals surface area contributed by atoms with Gasteiger partial charge in [-0.1, -0.05) is 34.1 Å². The van der Waals surface area contributed by atoms with Crippen LogP contribution in [0.2, 0.25) is 0 Å². The molecule has 1 fully saturated rings. The minimum absolute atomic E-state index is 0.270. The predicted molar refractivity (Wildman–Crippen MR) is 96.5 cm³/mol. The first kappa shape index (κ1) is 18.1. The molecule has 1 heterocycles. The van der Waals surface area contributed by atoms with Gasteiger partial charge in [-0.05, 0) is 35.9 Å². The van der Waals surface area contributed by atoms with Crippen LogP contribution in [0.3, 0.4) is 0 Å². The first-order chi connectivity index (χ1) is 11.8. The molecule has 0 aliphatic carbocycles. The number of nitrogens with one attached hydrogen (secondary N) is 1. The van der Waals surface area contributed by atoms with E-state index in [2.05, 4.69) is 21.2 Å². The lowest BCUT2D eigenvalue weighted by Gasteiger charge is -2.24. The number of thioether (sulfide) groups is 1. The van der Waals surface area contributed by atoms with E-state index in [1.54, 1.807) is 17.0 Å². The summed E-state index contributed by atoms with van der Waals surface area (Å²) in [6.07, 6.45) is -4.36. The smallest absolute Gasteiger partial charge is 0.308 e. The van der Waals surface area contributed by atoms with E-state index in [0.717, 1.165) is 22.4 Å². The zero-order valence-corrected chi connectivity index (χ0v) is 15.3. The van der Waals surface area contributed by atoms with E-state index < -0.39 is 11.7 Å². The second-order valence-corrected chi connectivity index (χ2v) is 7.58. The summed E-state index contributed by atoms with van der Waals surface area (Å²) in [6.45, 7) is 0.538. The number of carbonyl (C=O) groups is 1. The maximum atomic E-state index is 12.7. The fourth-order valence-corrected chi connectivity index (χ4v) is 4.21. The maximum Gasteiger partial charge on any atom is 0.416 e. The zero-order chi connectivity index (χ0) is 18.0. The molecule has 1 aliphatic rings. The maximum absolute atomic E-state index is 12.7. The molecule has 3 rings (SSSR count). The Bertz CT molecular complexity index is 767. The Hall–Kier alpha value is -1.67. The Labute approximate surface area is 155 Å². The lowest BCUT2D eigenvalue weighted by Crippen LogP contribution is -2.34. The monoisotopic (exact) mass is 430 g/mol. The molecule has 8 heteroatoms. The van der Waals surface area contributed by atoms with Crippen molar-refractivity contribution in [2.75, 3.05) is 17.6 Å². The average molecular weight is 431 g/mol. The van der Waals surface area contributed by atoms with E-state index in [0.29, 0.717) is 17.8 Å². The first-order valence-corrected chi connectivity index (χ1v) is 9.31. The second-order valence-electron chi connectivity index (χ2n) is 5.48. The van der Waals surface area contributed by atoms with Crippen LogP contribution in [0.5, 0.6) is 0 Å². The van der Waals surface area contributed by atoms with Gasteiger partial charge in [-0.25, -0.2) is 4.79 Å². The normalized spacial score (nSPS) is 17.6. The number of urea groups is 1. The SMILES string of the molecule is O=C(Nc1cccc(Br)c1)N1CCSC1c1ccc(C(F)(F)F)cc1. The summed E-state index contributed by atoms with van der Waals surface area (Å²) >= 11 is 4.88. The number of carbonyl (C=O) groups excluding carboxylic acids is 1. The van der Waals surface area contributed by atoms with E-state index in [4.69, 9.17) is 0 Å². The molecule has 132 valence electrons. The molecule has 0 aromatic heterocycles. The lowest BCUT2D eigenvalue weighted by atomic mass is 10.1. The fourth-order valence-electron chi connectivity index (χ4n) is 2.55. The van der Waals surface area contributed by atoms with Crippen LogP contribution in [0.15, 0.2) is 53.0 Å². The van der Waals surface area contributed by atoms with Crippen molar-refractivity contribution in [1.29, 1.82) is 0 Å². The number of hydrogen-bond donors (Lipinski definition) is 1. The Kier molecular flexibility index (Phi) is 5.29. The van der Waals surface area contributed by atoms with Crippen molar-refractivity contribution in [3.8, 4) is 0 Å². The van der Waals surface area contributed by atoms with Crippen molar-refractivity contribution in [3.05, 3.63) is 64.1 Å². The number of nitrogens with zero attached hydrogens (tertiary/aromatic N) is 1. The third-order valence-corrected chi connectivity index (χ3v) is 5.50. The second kappa shape index (κ2) is 7.29. The van der Waals surface area contributed by atoms with Gasteiger partial charge in [0.05, 0.1) is 5.56 Å². The molecule has 3 nitrogen and oxygen atoms in total. The summed E-state index contributed by atoms with van der Waals surface area (Å²) in [5.41, 5.74) is 0.645. The largest absolute Gasteiger partial charge is 0.416 e. The highest BCUT2D eigenvalue weighted by Crippen LogP contribution is 2.39. The van der Waals surface area contributed by atoms with E-state index in [1.165, 1.54) is 23.9 Å². The van der Waals surface area contributed by atoms with Gasteiger partial charge in [0.1, 0.15) is 5.37 Å². The molecule has 1 N–H and O–H groups in total. The molecule has 2 aromatic carbocycles. The molecule has 1 atom stereocenters. The van der Waals surface area contributed by atoms with Crippen LogP contribution in [-0.4, -0.2) is 23.2 Å². The fraction of sp³-hybridized carbons (Fsp3) is 0.235. The van der Waals surface area contributed by atoms with Crippen LogP contribution in [0.4, 0.5) is 23.7 Å². The molecule has 25 heavy (non-hydrogen) atoms. The molecular formula is C17H14BrF3N2OS. The van der Waals surface area contributed by atoms with Gasteiger partial charge in [-0.15, -0.1) is 11.8 Å². The number of benzene rings is 2. The highest BCUT2D eigenvalue weighted by molar-refractivity contribution is 9.10. The summed E-state index contributed by atoms with van der Waals surface area (Å²) < 4.78 is 38.9. The summed E-state index contributed by atoms with van der Waals surface area (Å²) in [7, 11) is 0. The van der Waals surface area contributed by atoms with E-state index in [9.17, 15) is 18.0 Å². The third kappa shape index (κ3) is 4.30. The van der Waals surface area contributed by atoms with Crippen molar-refractivity contribution in [2.24, 2.45) is 0 Å². The summed E-state index contributed by atoms with van der Waals surface area (Å²) in [5, 5.41) is 2.53. The molecule has 1 saturated heterocycles. The minimum Gasteiger partial charge on any atom is -0.308 e. The number of amides is 2. The van der Waals surface area contributed by atoms with Gasteiger partial charge in [-0.3, -0.25) is 0 Å². The zero-order valence-electron chi connectivity index (χ0n) is 12.9. The number of halogens is 4. The number of alkyl halides is 3. The van der Waals surface area contributed by atoms with E-state index in [-0.39, 0.29) is 11.4 Å². The van der Waals surface area contributed by atoms with E-state index in [1.807, 2.05) is 12.1 Å². The Morgan fingerprint density at radius 2 is 1.92 bits per heavy atom.